The Morgan fingerprint density at radius 1 is 1.21 bits per heavy atom. The predicted octanol–water partition coefficient (Wildman–Crippen LogP) is 1.99. The van der Waals surface area contributed by atoms with Gasteiger partial charge in [-0.15, -0.1) is 0 Å². The average molecular weight is 327 g/mol. The lowest BCUT2D eigenvalue weighted by Crippen LogP contribution is -2.41. The molecular formula is C18H18FN3O2. The molecule has 1 saturated heterocycles. The summed E-state index contributed by atoms with van der Waals surface area (Å²) < 4.78 is 13.1. The largest absolute Gasteiger partial charge is 0.332 e. The Bertz CT molecular complexity index is 860. The molecule has 4 rings (SSSR count). The first-order valence-corrected chi connectivity index (χ1v) is 8.20. The fourth-order valence-electron chi connectivity index (χ4n) is 3.94. The van der Waals surface area contributed by atoms with Crippen molar-refractivity contribution in [3.05, 3.63) is 63.1 Å². The number of benzene rings is 1. The molecule has 1 fully saturated rings. The van der Waals surface area contributed by atoms with Gasteiger partial charge in [-0.25, -0.2) is 9.37 Å². The van der Waals surface area contributed by atoms with E-state index in [9.17, 15) is 14.0 Å². The molecule has 2 aromatic rings. The van der Waals surface area contributed by atoms with Gasteiger partial charge in [-0.05, 0) is 44.0 Å². The number of carbonyl (C=O) groups excluding carboxylic acids is 1. The topological polar surface area (TPSA) is 66.1 Å². The molecular weight excluding hydrogens is 309 g/mol. The summed E-state index contributed by atoms with van der Waals surface area (Å²) in [5.41, 5.74) is 1.89. The van der Waals surface area contributed by atoms with E-state index in [0.717, 1.165) is 18.5 Å². The number of halogens is 1. The van der Waals surface area contributed by atoms with Crippen LogP contribution in [0.15, 0.2) is 29.1 Å². The summed E-state index contributed by atoms with van der Waals surface area (Å²) in [6, 6.07) is 5.69. The minimum absolute atomic E-state index is 0.000547. The maximum atomic E-state index is 13.1. The van der Waals surface area contributed by atoms with Crippen LogP contribution in [0.2, 0.25) is 0 Å². The highest BCUT2D eigenvalue weighted by atomic mass is 19.1. The molecule has 2 unspecified atom stereocenters. The van der Waals surface area contributed by atoms with E-state index in [2.05, 4.69) is 9.97 Å². The highest BCUT2D eigenvalue weighted by Crippen LogP contribution is 2.33. The minimum Gasteiger partial charge on any atom is -0.332 e. The lowest BCUT2D eigenvalue weighted by atomic mass is 9.98. The fraction of sp³-hybridized carbons (Fsp3) is 0.389. The number of nitrogens with zero attached hydrogens (tertiary/aromatic N) is 2. The van der Waals surface area contributed by atoms with Gasteiger partial charge in [0.15, 0.2) is 0 Å². The number of hydrogen-bond acceptors (Lipinski definition) is 3. The smallest absolute Gasteiger partial charge is 0.254 e. The van der Waals surface area contributed by atoms with Crippen molar-refractivity contribution >= 4 is 5.91 Å². The maximum absolute atomic E-state index is 13.1. The van der Waals surface area contributed by atoms with Crippen LogP contribution in [0.3, 0.4) is 0 Å². The molecule has 124 valence electrons. The highest BCUT2D eigenvalue weighted by molar-refractivity contribution is 5.95. The van der Waals surface area contributed by atoms with Crippen molar-refractivity contribution in [2.45, 2.75) is 44.7 Å². The molecule has 0 aliphatic carbocycles. The zero-order valence-electron chi connectivity index (χ0n) is 13.4. The first-order chi connectivity index (χ1) is 11.5. The molecule has 1 amide bonds. The molecule has 1 aromatic heterocycles. The van der Waals surface area contributed by atoms with Crippen LogP contribution in [0, 0.1) is 12.7 Å². The number of H-pyrrole nitrogens is 1. The second kappa shape index (κ2) is 5.54. The second-order valence-corrected chi connectivity index (χ2v) is 6.59. The highest BCUT2D eigenvalue weighted by Gasteiger charge is 2.41. The van der Waals surface area contributed by atoms with Gasteiger partial charge in [0.2, 0.25) is 0 Å². The number of fused-ring (bicyclic) bond motifs is 3. The van der Waals surface area contributed by atoms with Crippen LogP contribution in [0.25, 0.3) is 0 Å². The van der Waals surface area contributed by atoms with Gasteiger partial charge in [-0.3, -0.25) is 9.59 Å². The molecule has 6 heteroatoms. The molecule has 0 radical (unpaired) electrons. The number of rotatable bonds is 1. The van der Waals surface area contributed by atoms with Crippen molar-refractivity contribution in [1.82, 2.24) is 14.9 Å². The summed E-state index contributed by atoms with van der Waals surface area (Å²) in [7, 11) is 0. The van der Waals surface area contributed by atoms with Gasteiger partial charge in [0.05, 0.1) is 5.69 Å². The van der Waals surface area contributed by atoms with Crippen molar-refractivity contribution in [2.75, 3.05) is 0 Å². The fourth-order valence-corrected chi connectivity index (χ4v) is 3.94. The molecule has 24 heavy (non-hydrogen) atoms. The lowest BCUT2D eigenvalue weighted by molar-refractivity contribution is 0.0673. The molecule has 2 bridgehead atoms. The van der Waals surface area contributed by atoms with Crippen molar-refractivity contribution in [3.8, 4) is 0 Å². The van der Waals surface area contributed by atoms with E-state index in [1.54, 1.807) is 6.92 Å². The molecule has 2 aliphatic heterocycles. The Balaban J connectivity index is 1.70. The van der Waals surface area contributed by atoms with Crippen molar-refractivity contribution in [3.63, 3.8) is 0 Å². The minimum atomic E-state index is -0.357. The van der Waals surface area contributed by atoms with E-state index >= 15 is 0 Å². The van der Waals surface area contributed by atoms with Gasteiger partial charge in [-0.1, -0.05) is 0 Å². The van der Waals surface area contributed by atoms with E-state index in [1.807, 2.05) is 4.90 Å². The van der Waals surface area contributed by atoms with Crippen LogP contribution in [0.4, 0.5) is 4.39 Å². The number of aromatic amines is 1. The van der Waals surface area contributed by atoms with Gasteiger partial charge >= 0.3 is 0 Å². The van der Waals surface area contributed by atoms with Gasteiger partial charge in [0.25, 0.3) is 11.5 Å². The Kier molecular flexibility index (Phi) is 3.48. The van der Waals surface area contributed by atoms with E-state index in [4.69, 9.17) is 0 Å². The first-order valence-electron chi connectivity index (χ1n) is 8.20. The normalized spacial score (nSPS) is 22.2. The van der Waals surface area contributed by atoms with Gasteiger partial charge < -0.3 is 9.88 Å². The van der Waals surface area contributed by atoms with E-state index < -0.39 is 0 Å². The second-order valence-electron chi connectivity index (χ2n) is 6.59. The van der Waals surface area contributed by atoms with Crippen LogP contribution in [-0.2, 0) is 12.8 Å². The van der Waals surface area contributed by atoms with Crippen LogP contribution in [-0.4, -0.2) is 32.9 Å². The summed E-state index contributed by atoms with van der Waals surface area (Å²) in [5.74, 6) is 0.153. The molecule has 3 heterocycles. The monoisotopic (exact) mass is 327 g/mol. The number of aryl methyl sites for hydroxylation is 1. The summed E-state index contributed by atoms with van der Waals surface area (Å²) >= 11 is 0. The zero-order chi connectivity index (χ0) is 16.8. The van der Waals surface area contributed by atoms with Crippen LogP contribution < -0.4 is 5.56 Å². The van der Waals surface area contributed by atoms with Crippen molar-refractivity contribution in [1.29, 1.82) is 0 Å². The van der Waals surface area contributed by atoms with Gasteiger partial charge in [0.1, 0.15) is 11.6 Å². The van der Waals surface area contributed by atoms with Crippen molar-refractivity contribution in [2.24, 2.45) is 0 Å². The van der Waals surface area contributed by atoms with Crippen LogP contribution in [0.5, 0.6) is 0 Å². The molecule has 2 atom stereocenters. The SMILES string of the molecule is Cc1nc2c(c(=O)[nH]1)CC1CCC(C2)N1C(=O)c1ccc(F)cc1. The average Bonchev–Trinajstić information content (AvgIpc) is 2.83. The molecule has 1 aromatic carbocycles. The maximum Gasteiger partial charge on any atom is 0.254 e. The lowest BCUT2D eigenvalue weighted by Gasteiger charge is -2.28. The van der Waals surface area contributed by atoms with Gasteiger partial charge in [-0.2, -0.15) is 0 Å². The third kappa shape index (κ3) is 2.42. The van der Waals surface area contributed by atoms with Crippen LogP contribution in [0.1, 0.15) is 40.3 Å². The molecule has 1 N–H and O–H groups in total. The number of carbonyl (C=O) groups is 1. The number of hydrogen-bond donors (Lipinski definition) is 1. The standard InChI is InChI=1S/C18H18FN3O2/c1-10-20-16-9-14-7-6-13(8-15(16)17(23)21-10)22(14)18(24)11-2-4-12(19)5-3-11/h2-5,13-14H,6-9H2,1H3,(H,20,21,23). The van der Waals surface area contributed by atoms with E-state index in [0.29, 0.717) is 29.8 Å². The number of nitrogens with one attached hydrogen (secondary N) is 1. The third-order valence-electron chi connectivity index (χ3n) is 5.03. The summed E-state index contributed by atoms with van der Waals surface area (Å²) in [4.78, 5) is 34.3. The zero-order valence-corrected chi connectivity index (χ0v) is 13.4. The Labute approximate surface area is 138 Å². The van der Waals surface area contributed by atoms with E-state index in [-0.39, 0.29) is 29.4 Å². The molecule has 2 aliphatic rings. The molecule has 0 spiro atoms. The quantitative estimate of drug-likeness (QED) is 0.871. The summed E-state index contributed by atoms with van der Waals surface area (Å²) in [6.45, 7) is 1.77. The Morgan fingerprint density at radius 2 is 1.88 bits per heavy atom. The third-order valence-corrected chi connectivity index (χ3v) is 5.03. The molecule has 5 nitrogen and oxygen atoms in total. The summed E-state index contributed by atoms with van der Waals surface area (Å²) in [6.07, 6.45) is 2.92. The Morgan fingerprint density at radius 3 is 2.58 bits per heavy atom. The summed E-state index contributed by atoms with van der Waals surface area (Å²) in [5, 5.41) is 0. The number of amides is 1. The van der Waals surface area contributed by atoms with Gasteiger partial charge in [0, 0.05) is 36.1 Å². The van der Waals surface area contributed by atoms with Crippen LogP contribution >= 0.6 is 0 Å². The molecule has 0 saturated carbocycles. The predicted molar refractivity (Wildman–Crippen MR) is 86.4 cm³/mol. The van der Waals surface area contributed by atoms with Crippen molar-refractivity contribution < 1.29 is 9.18 Å². The first kappa shape index (κ1) is 15.1. The number of aromatic nitrogens is 2. The van der Waals surface area contributed by atoms with E-state index in [1.165, 1.54) is 24.3 Å². The Hall–Kier alpha value is -2.50.